The molecule has 0 aromatic heterocycles. The van der Waals surface area contributed by atoms with Crippen molar-refractivity contribution in [3.05, 3.63) is 17.7 Å². The Labute approximate surface area is 120 Å². The van der Waals surface area contributed by atoms with Gasteiger partial charge in [0.1, 0.15) is 5.69 Å². The summed E-state index contributed by atoms with van der Waals surface area (Å²) in [5, 5.41) is 67.0. The molecule has 8 heteroatoms. The smallest absolute Gasteiger partial charge is 0.283 e. The van der Waals surface area contributed by atoms with Gasteiger partial charge in [0.15, 0.2) is 23.0 Å². The van der Waals surface area contributed by atoms with Gasteiger partial charge in [-0.3, -0.25) is 0 Å². The number of nitrogens with zero attached hydrogens (tertiary/aromatic N) is 1. The van der Waals surface area contributed by atoms with Gasteiger partial charge < -0.3 is 40.6 Å². The molecule has 1 aliphatic rings. The number of phenolic OH excluding ortho intramolecular Hbond substituents is 4. The molecule has 1 unspecified atom stereocenters. The van der Waals surface area contributed by atoms with Crippen LogP contribution in [0.15, 0.2) is 12.2 Å². The van der Waals surface area contributed by atoms with Crippen LogP contribution in [0.25, 0.3) is 0 Å². The summed E-state index contributed by atoms with van der Waals surface area (Å²) >= 11 is 0. The quantitative estimate of drug-likeness (QED) is 0.166. The van der Waals surface area contributed by atoms with E-state index in [2.05, 4.69) is 0 Å². The van der Waals surface area contributed by atoms with Crippen molar-refractivity contribution in [2.45, 2.75) is 12.9 Å². The van der Waals surface area contributed by atoms with E-state index < -0.39 is 34.9 Å². The molecule has 1 aromatic rings. The van der Waals surface area contributed by atoms with Crippen LogP contribution in [0.1, 0.15) is 5.56 Å². The molecule has 21 heavy (non-hydrogen) atoms. The van der Waals surface area contributed by atoms with Crippen LogP contribution in [-0.4, -0.2) is 54.8 Å². The summed E-state index contributed by atoms with van der Waals surface area (Å²) in [6.45, 7) is 1.31. The lowest BCUT2D eigenvalue weighted by atomic mass is 10.0. The van der Waals surface area contributed by atoms with E-state index in [1.165, 1.54) is 24.0 Å². The Balaban J connectivity index is 2.47. The maximum Gasteiger partial charge on any atom is 0.283 e. The first-order chi connectivity index (χ1) is 9.64. The molecule has 0 aliphatic carbocycles. The molecule has 8 nitrogen and oxygen atoms in total. The summed E-state index contributed by atoms with van der Waals surface area (Å²) in [6.07, 6.45) is 2.86. The lowest BCUT2D eigenvalue weighted by Crippen LogP contribution is -2.45. The van der Waals surface area contributed by atoms with Gasteiger partial charge in [0.25, 0.3) is 5.97 Å². The van der Waals surface area contributed by atoms with Crippen LogP contribution in [0.3, 0.4) is 0 Å². The van der Waals surface area contributed by atoms with Gasteiger partial charge in [-0.1, -0.05) is 12.2 Å². The van der Waals surface area contributed by atoms with Gasteiger partial charge in [-0.2, -0.15) is 0 Å². The number of hydrogen-bond acceptors (Lipinski definition) is 8. The molecule has 0 fully saturated rings. The minimum atomic E-state index is -2.96. The predicted octanol–water partition coefficient (Wildman–Crippen LogP) is -0.559. The second-order valence-electron chi connectivity index (χ2n) is 4.99. The van der Waals surface area contributed by atoms with E-state index in [-0.39, 0.29) is 24.3 Å². The Hall–Kier alpha value is -2.16. The molecule has 0 spiro atoms. The van der Waals surface area contributed by atoms with Crippen LogP contribution in [-0.2, 0) is 0 Å². The van der Waals surface area contributed by atoms with Crippen LogP contribution in [0.5, 0.6) is 23.0 Å². The van der Waals surface area contributed by atoms with Crippen molar-refractivity contribution < 1.29 is 35.7 Å². The van der Waals surface area contributed by atoms with Crippen molar-refractivity contribution in [3.63, 3.8) is 0 Å². The summed E-state index contributed by atoms with van der Waals surface area (Å²) in [5.41, 5.74) is -0.340. The largest absolute Gasteiger partial charge is 0.504 e. The number of benzene rings is 1. The topological polar surface area (TPSA) is 145 Å². The zero-order valence-corrected chi connectivity index (χ0v) is 11.2. The number of aliphatic hydroxyl groups is 3. The first-order valence-electron chi connectivity index (χ1n) is 6.19. The molecule has 7 N–H and O–H groups in total. The van der Waals surface area contributed by atoms with Gasteiger partial charge in [0.05, 0.1) is 5.92 Å². The van der Waals surface area contributed by atoms with Gasteiger partial charge in [0.2, 0.25) is 0 Å². The molecule has 1 heterocycles. The fourth-order valence-corrected chi connectivity index (χ4v) is 2.26. The maximum atomic E-state index is 9.95. The lowest BCUT2D eigenvalue weighted by molar-refractivity contribution is -0.332. The SMILES string of the molecule is Cc1c(O)c(O)c(N2CC=CC(C(O)(O)O)C2)c(O)c1O. The van der Waals surface area contributed by atoms with Gasteiger partial charge in [-0.15, -0.1) is 0 Å². The first-order valence-corrected chi connectivity index (χ1v) is 6.19. The van der Waals surface area contributed by atoms with E-state index >= 15 is 0 Å². The fourth-order valence-electron chi connectivity index (χ4n) is 2.26. The average molecular weight is 299 g/mol. The summed E-state index contributed by atoms with van der Waals surface area (Å²) in [6, 6.07) is 0. The summed E-state index contributed by atoms with van der Waals surface area (Å²) < 4.78 is 0. The van der Waals surface area contributed by atoms with Crippen molar-refractivity contribution in [2.24, 2.45) is 5.92 Å². The van der Waals surface area contributed by atoms with Crippen LogP contribution >= 0.6 is 0 Å². The van der Waals surface area contributed by atoms with Gasteiger partial charge in [-0.05, 0) is 6.92 Å². The first kappa shape index (κ1) is 15.2. The van der Waals surface area contributed by atoms with Gasteiger partial charge in [-0.25, -0.2) is 0 Å². The average Bonchev–Trinajstić information content (AvgIpc) is 2.43. The van der Waals surface area contributed by atoms with Crippen LogP contribution in [0, 0.1) is 12.8 Å². The second-order valence-corrected chi connectivity index (χ2v) is 4.99. The lowest BCUT2D eigenvalue weighted by Gasteiger charge is -2.35. The highest BCUT2D eigenvalue weighted by molar-refractivity contribution is 5.78. The zero-order chi connectivity index (χ0) is 15.9. The Morgan fingerprint density at radius 3 is 2.00 bits per heavy atom. The number of rotatable bonds is 2. The monoisotopic (exact) mass is 299 g/mol. The maximum absolute atomic E-state index is 9.95. The van der Waals surface area contributed by atoms with Gasteiger partial charge >= 0.3 is 0 Å². The molecular weight excluding hydrogens is 282 g/mol. The summed E-state index contributed by atoms with van der Waals surface area (Å²) in [7, 11) is 0. The van der Waals surface area contributed by atoms with Gasteiger partial charge in [0, 0.05) is 18.7 Å². The molecule has 0 saturated heterocycles. The Morgan fingerprint density at radius 1 is 1.00 bits per heavy atom. The Bertz CT molecular complexity index is 562. The highest BCUT2D eigenvalue weighted by atomic mass is 16.7. The third-order valence-electron chi connectivity index (χ3n) is 3.53. The van der Waals surface area contributed by atoms with E-state index in [0.29, 0.717) is 0 Å². The van der Waals surface area contributed by atoms with Crippen LogP contribution in [0.2, 0.25) is 0 Å². The molecule has 0 saturated carbocycles. The minimum absolute atomic E-state index is 0.0846. The van der Waals surface area contributed by atoms with Crippen molar-refractivity contribution in [3.8, 4) is 23.0 Å². The van der Waals surface area contributed by atoms with Crippen molar-refractivity contribution in [2.75, 3.05) is 18.0 Å². The van der Waals surface area contributed by atoms with E-state index in [1.807, 2.05) is 0 Å². The van der Waals surface area contributed by atoms with E-state index in [1.54, 1.807) is 0 Å². The van der Waals surface area contributed by atoms with Crippen molar-refractivity contribution in [1.29, 1.82) is 0 Å². The van der Waals surface area contributed by atoms with E-state index in [9.17, 15) is 35.7 Å². The molecular formula is C13H17NO7. The van der Waals surface area contributed by atoms with Crippen molar-refractivity contribution >= 4 is 5.69 Å². The third-order valence-corrected chi connectivity index (χ3v) is 3.53. The van der Waals surface area contributed by atoms with Crippen LogP contribution in [0.4, 0.5) is 5.69 Å². The fraction of sp³-hybridized carbons (Fsp3) is 0.385. The summed E-state index contributed by atoms with van der Waals surface area (Å²) in [5.74, 6) is -6.53. The number of hydrogen-bond donors (Lipinski definition) is 7. The predicted molar refractivity (Wildman–Crippen MR) is 72.1 cm³/mol. The summed E-state index contributed by atoms with van der Waals surface area (Å²) in [4.78, 5) is 1.28. The molecule has 0 radical (unpaired) electrons. The molecule has 0 amide bonds. The molecule has 0 bridgehead atoms. The van der Waals surface area contributed by atoms with Crippen molar-refractivity contribution in [1.82, 2.24) is 0 Å². The highest BCUT2D eigenvalue weighted by Crippen LogP contribution is 2.51. The Morgan fingerprint density at radius 2 is 1.52 bits per heavy atom. The normalized spacial score (nSPS) is 19.0. The molecule has 1 aliphatic heterocycles. The molecule has 2 rings (SSSR count). The molecule has 1 atom stereocenters. The minimum Gasteiger partial charge on any atom is -0.504 e. The van der Waals surface area contributed by atoms with E-state index in [0.717, 1.165) is 0 Å². The second kappa shape index (κ2) is 4.99. The number of aromatic hydroxyl groups is 4. The molecule has 116 valence electrons. The number of phenols is 4. The number of anilines is 1. The van der Waals surface area contributed by atoms with E-state index in [4.69, 9.17) is 0 Å². The molecule has 1 aromatic carbocycles. The third kappa shape index (κ3) is 2.56. The van der Waals surface area contributed by atoms with Crippen LogP contribution < -0.4 is 4.90 Å². The highest BCUT2D eigenvalue weighted by Gasteiger charge is 2.35. The Kier molecular flexibility index (Phi) is 3.62. The zero-order valence-electron chi connectivity index (χ0n) is 11.2. The standard InChI is InChI=1S/C13H17NO7/c1-6-9(15)11(17)8(12(18)10(6)16)14-4-2-3-7(5-14)13(19,20)21/h2-3,7,15-21H,4-5H2,1H3.